The molecule has 8 nitrogen and oxygen atoms in total. The zero-order valence-corrected chi connectivity index (χ0v) is 15.1. The van der Waals surface area contributed by atoms with Gasteiger partial charge in [0, 0.05) is 36.6 Å². The van der Waals surface area contributed by atoms with Gasteiger partial charge in [-0.15, -0.1) is 0 Å². The van der Waals surface area contributed by atoms with Crippen LogP contribution in [-0.4, -0.2) is 50.0 Å². The van der Waals surface area contributed by atoms with Gasteiger partial charge >= 0.3 is 0 Å². The normalized spacial score (nSPS) is 19.7. The molecule has 0 unspecified atom stereocenters. The Hall–Kier alpha value is -3.16. The van der Waals surface area contributed by atoms with Crippen molar-refractivity contribution in [3.63, 3.8) is 0 Å². The molecular weight excluding hydrogens is 344 g/mol. The Morgan fingerprint density at radius 1 is 1.30 bits per heavy atom. The van der Waals surface area contributed by atoms with E-state index in [1.807, 2.05) is 30.5 Å². The lowest BCUT2D eigenvalue weighted by Crippen LogP contribution is -2.32. The van der Waals surface area contributed by atoms with Crippen molar-refractivity contribution in [1.82, 2.24) is 25.1 Å². The third-order valence-electron chi connectivity index (χ3n) is 5.27. The van der Waals surface area contributed by atoms with Crippen molar-refractivity contribution < 1.29 is 9.59 Å². The number of amides is 2. The van der Waals surface area contributed by atoms with E-state index < -0.39 is 11.8 Å². The quantitative estimate of drug-likeness (QED) is 0.629. The number of carbonyl (C=O) groups is 2. The highest BCUT2D eigenvalue weighted by atomic mass is 16.2. The molecule has 1 fully saturated rings. The molecule has 1 aliphatic heterocycles. The molecule has 0 spiro atoms. The third-order valence-corrected chi connectivity index (χ3v) is 5.27. The number of para-hydroxylation sites is 1. The molecule has 4 rings (SSSR count). The van der Waals surface area contributed by atoms with Crippen LogP contribution in [0.15, 0.2) is 30.5 Å². The van der Waals surface area contributed by atoms with Crippen LogP contribution in [0, 0.1) is 12.8 Å². The van der Waals surface area contributed by atoms with Gasteiger partial charge in [0.1, 0.15) is 5.82 Å². The third kappa shape index (κ3) is 3.30. The summed E-state index contributed by atoms with van der Waals surface area (Å²) >= 11 is 0. The molecule has 3 heterocycles. The summed E-state index contributed by atoms with van der Waals surface area (Å²) in [5.41, 5.74) is 7.74. The zero-order valence-electron chi connectivity index (χ0n) is 15.1. The fourth-order valence-corrected chi connectivity index (χ4v) is 3.82. The summed E-state index contributed by atoms with van der Waals surface area (Å²) in [6, 6.07) is 8.03. The first-order valence-corrected chi connectivity index (χ1v) is 9.04. The van der Waals surface area contributed by atoms with Crippen LogP contribution in [0.5, 0.6) is 0 Å². The monoisotopic (exact) mass is 366 g/mol. The molecule has 2 amide bonds. The highest BCUT2D eigenvalue weighted by Crippen LogP contribution is 2.31. The maximum absolute atomic E-state index is 12.7. The lowest BCUT2D eigenvalue weighted by Gasteiger charge is -2.15. The minimum absolute atomic E-state index is 0.0151. The highest BCUT2D eigenvalue weighted by Gasteiger charge is 2.41. The number of aryl methyl sites for hydroxylation is 2. The minimum atomic E-state index is -0.461. The van der Waals surface area contributed by atoms with E-state index in [0.29, 0.717) is 37.6 Å². The number of benzene rings is 1. The van der Waals surface area contributed by atoms with Gasteiger partial charge in [-0.25, -0.2) is 4.98 Å². The first kappa shape index (κ1) is 17.3. The summed E-state index contributed by atoms with van der Waals surface area (Å²) in [6.07, 6.45) is 2.98. The number of likely N-dealkylation sites (tertiary alicyclic amines) is 1. The molecular formula is C19H22N6O2. The fourth-order valence-electron chi connectivity index (χ4n) is 3.82. The number of carbonyl (C=O) groups excluding carboxylic acids is 2. The number of hydrogen-bond acceptors (Lipinski definition) is 4. The van der Waals surface area contributed by atoms with Crippen LogP contribution in [0.4, 0.5) is 0 Å². The summed E-state index contributed by atoms with van der Waals surface area (Å²) in [5, 5.41) is 8.08. The van der Waals surface area contributed by atoms with Crippen LogP contribution in [-0.2, 0) is 16.0 Å². The lowest BCUT2D eigenvalue weighted by molar-refractivity contribution is -0.130. The number of rotatable bonds is 5. The number of aromatic amines is 2. The average molecular weight is 366 g/mol. The van der Waals surface area contributed by atoms with Gasteiger partial charge in [0.15, 0.2) is 5.82 Å². The number of primary amides is 1. The number of nitrogens with one attached hydrogen (secondary N) is 2. The molecule has 0 radical (unpaired) electrons. The van der Waals surface area contributed by atoms with Crippen molar-refractivity contribution in [2.75, 3.05) is 13.1 Å². The Kier molecular flexibility index (Phi) is 4.39. The van der Waals surface area contributed by atoms with Crippen molar-refractivity contribution in [1.29, 1.82) is 0 Å². The summed E-state index contributed by atoms with van der Waals surface area (Å²) in [6.45, 7) is 2.53. The number of nitrogens with zero attached hydrogens (tertiary/aromatic N) is 3. The van der Waals surface area contributed by atoms with E-state index in [2.05, 4.69) is 20.2 Å². The van der Waals surface area contributed by atoms with Crippen molar-refractivity contribution in [2.24, 2.45) is 11.7 Å². The summed E-state index contributed by atoms with van der Waals surface area (Å²) in [4.78, 5) is 33.9. The molecule has 0 aliphatic carbocycles. The molecule has 27 heavy (non-hydrogen) atoms. The van der Waals surface area contributed by atoms with Gasteiger partial charge in [0.25, 0.3) is 0 Å². The van der Waals surface area contributed by atoms with Crippen molar-refractivity contribution >= 4 is 22.7 Å². The molecule has 2 atom stereocenters. The molecule has 2 aromatic heterocycles. The van der Waals surface area contributed by atoms with E-state index in [4.69, 9.17) is 5.73 Å². The van der Waals surface area contributed by atoms with Gasteiger partial charge in [0.05, 0.1) is 11.8 Å². The molecule has 1 aliphatic rings. The summed E-state index contributed by atoms with van der Waals surface area (Å²) in [7, 11) is 0. The molecule has 3 aromatic rings. The second-order valence-corrected chi connectivity index (χ2v) is 7.05. The van der Waals surface area contributed by atoms with Crippen LogP contribution in [0.25, 0.3) is 10.9 Å². The van der Waals surface area contributed by atoms with Crippen LogP contribution in [0.3, 0.4) is 0 Å². The first-order chi connectivity index (χ1) is 13.0. The Morgan fingerprint density at radius 2 is 2.11 bits per heavy atom. The number of nitrogens with two attached hydrogens (primary N) is 1. The van der Waals surface area contributed by atoms with Gasteiger partial charge < -0.3 is 15.6 Å². The van der Waals surface area contributed by atoms with E-state index in [0.717, 1.165) is 16.5 Å². The number of fused-ring (bicyclic) bond motifs is 1. The molecule has 0 bridgehead atoms. The predicted molar refractivity (Wildman–Crippen MR) is 99.7 cm³/mol. The smallest absolute Gasteiger partial charge is 0.223 e. The van der Waals surface area contributed by atoms with E-state index in [1.165, 1.54) is 0 Å². The Bertz CT molecular complexity index is 991. The van der Waals surface area contributed by atoms with Crippen molar-refractivity contribution in [2.45, 2.75) is 25.7 Å². The fraction of sp³-hybridized carbons (Fsp3) is 0.368. The van der Waals surface area contributed by atoms with Crippen molar-refractivity contribution in [3.8, 4) is 0 Å². The molecule has 4 N–H and O–H groups in total. The van der Waals surface area contributed by atoms with Gasteiger partial charge in [-0.05, 0) is 25.0 Å². The molecule has 1 aromatic carbocycles. The zero-order chi connectivity index (χ0) is 19.0. The molecule has 8 heteroatoms. The molecule has 0 saturated carbocycles. The number of hydrogen-bond donors (Lipinski definition) is 3. The van der Waals surface area contributed by atoms with Gasteiger partial charge in [-0.3, -0.25) is 14.7 Å². The standard InChI is InChI=1S/C19H22N6O2/c1-11-22-19(24-23-11)15-10-25(9-14(15)18(20)27)17(26)7-6-12-8-21-16-5-3-2-4-13(12)16/h2-5,8,14-15,21H,6-7,9-10H2,1H3,(H2,20,27)(H,22,23,24)/t14-,15-/m1/s1. The topological polar surface area (TPSA) is 121 Å². The van der Waals surface area contributed by atoms with Gasteiger partial charge in [-0.1, -0.05) is 18.2 Å². The van der Waals surface area contributed by atoms with Crippen LogP contribution >= 0.6 is 0 Å². The summed E-state index contributed by atoms with van der Waals surface area (Å²) < 4.78 is 0. The van der Waals surface area contributed by atoms with Crippen LogP contribution in [0.1, 0.15) is 29.6 Å². The molecule has 1 saturated heterocycles. The predicted octanol–water partition coefficient (Wildman–Crippen LogP) is 1.25. The SMILES string of the molecule is Cc1nc([C@@H]2CN(C(=O)CCc3c[nH]c4ccccc34)C[C@H]2C(N)=O)n[nH]1. The Labute approximate surface area is 156 Å². The second-order valence-electron chi connectivity index (χ2n) is 7.05. The Morgan fingerprint density at radius 3 is 2.85 bits per heavy atom. The van der Waals surface area contributed by atoms with E-state index >= 15 is 0 Å². The van der Waals surface area contributed by atoms with Crippen molar-refractivity contribution in [3.05, 3.63) is 47.7 Å². The van der Waals surface area contributed by atoms with Gasteiger partial charge in [0.2, 0.25) is 11.8 Å². The number of aromatic nitrogens is 4. The average Bonchev–Trinajstić information content (AvgIpc) is 3.37. The van der Waals surface area contributed by atoms with Crippen LogP contribution < -0.4 is 5.73 Å². The number of H-pyrrole nitrogens is 2. The van der Waals surface area contributed by atoms with E-state index in [9.17, 15) is 9.59 Å². The maximum Gasteiger partial charge on any atom is 0.223 e. The first-order valence-electron chi connectivity index (χ1n) is 9.04. The van der Waals surface area contributed by atoms with Gasteiger partial charge in [-0.2, -0.15) is 5.10 Å². The highest BCUT2D eigenvalue weighted by molar-refractivity contribution is 5.85. The van der Waals surface area contributed by atoms with Crippen LogP contribution in [0.2, 0.25) is 0 Å². The summed E-state index contributed by atoms with van der Waals surface area (Å²) in [5.74, 6) is 0.0953. The lowest BCUT2D eigenvalue weighted by atomic mass is 9.95. The molecule has 140 valence electrons. The largest absolute Gasteiger partial charge is 0.369 e. The Balaban J connectivity index is 1.45. The second kappa shape index (κ2) is 6.86. The van der Waals surface area contributed by atoms with E-state index in [-0.39, 0.29) is 11.8 Å². The maximum atomic E-state index is 12.7. The van der Waals surface area contributed by atoms with E-state index in [1.54, 1.807) is 11.8 Å². The minimum Gasteiger partial charge on any atom is -0.369 e.